The third kappa shape index (κ3) is 3.51. The Labute approximate surface area is 179 Å². The minimum atomic E-state index is -0.483. The normalized spacial score (nSPS) is 11.5. The molecular weight excluding hydrogens is 414 g/mol. The van der Waals surface area contributed by atoms with Crippen LogP contribution in [-0.2, 0) is 0 Å². The van der Waals surface area contributed by atoms with Crippen LogP contribution < -0.4 is 11.2 Å². The van der Waals surface area contributed by atoms with E-state index < -0.39 is 5.63 Å². The quantitative estimate of drug-likeness (QED) is 0.316. The first-order valence-corrected chi connectivity index (χ1v) is 10.3. The molecule has 3 heterocycles. The van der Waals surface area contributed by atoms with Gasteiger partial charge in [0.25, 0.3) is 0 Å². The number of benzene rings is 2. The summed E-state index contributed by atoms with van der Waals surface area (Å²) >= 11 is 1.23. The number of nitrogens with zero attached hydrogens (tertiary/aromatic N) is 4. The Morgan fingerprint density at radius 3 is 2.65 bits per heavy atom. The number of para-hydroxylation sites is 1. The summed E-state index contributed by atoms with van der Waals surface area (Å²) in [5.74, 6) is 0. The molecule has 3 aromatic heterocycles. The molecule has 0 unspecified atom stereocenters. The van der Waals surface area contributed by atoms with Crippen LogP contribution in [0, 0.1) is 6.92 Å². The lowest BCUT2D eigenvalue weighted by molar-refractivity contribution is 0.563. The van der Waals surface area contributed by atoms with E-state index in [1.54, 1.807) is 42.6 Å². The van der Waals surface area contributed by atoms with Gasteiger partial charge in [-0.2, -0.15) is 9.80 Å². The zero-order valence-corrected chi connectivity index (χ0v) is 17.1. The molecule has 0 aliphatic heterocycles. The Morgan fingerprint density at radius 1 is 1.03 bits per heavy atom. The van der Waals surface area contributed by atoms with Crippen LogP contribution in [0.5, 0.6) is 0 Å². The van der Waals surface area contributed by atoms with Gasteiger partial charge in [-0.15, -0.1) is 16.5 Å². The van der Waals surface area contributed by atoms with E-state index in [0.29, 0.717) is 33.4 Å². The number of fused-ring (bicyclic) bond motifs is 1. The number of aryl methyl sites for hydroxylation is 1. The molecule has 5 aromatic rings. The summed E-state index contributed by atoms with van der Waals surface area (Å²) in [5, 5.41) is 14.1. The summed E-state index contributed by atoms with van der Waals surface area (Å²) in [6.07, 6.45) is 0. The molecule has 31 heavy (non-hydrogen) atoms. The highest BCUT2D eigenvalue weighted by molar-refractivity contribution is 7.12. The molecule has 9 heteroatoms. The lowest BCUT2D eigenvalue weighted by Crippen LogP contribution is -2.14. The van der Waals surface area contributed by atoms with Gasteiger partial charge >= 0.3 is 11.2 Å². The molecule has 0 saturated carbocycles. The highest BCUT2D eigenvalue weighted by Gasteiger charge is 2.17. The van der Waals surface area contributed by atoms with Gasteiger partial charge in [0, 0.05) is 10.8 Å². The maximum atomic E-state index is 12.9. The van der Waals surface area contributed by atoms with Crippen molar-refractivity contribution in [2.45, 2.75) is 6.92 Å². The molecule has 2 aromatic carbocycles. The lowest BCUT2D eigenvalue weighted by atomic mass is 10.1. The second-order valence-electron chi connectivity index (χ2n) is 6.76. The Morgan fingerprint density at radius 2 is 1.81 bits per heavy atom. The highest BCUT2D eigenvalue weighted by atomic mass is 32.1. The molecule has 0 fully saturated rings. The minimum absolute atomic E-state index is 0.200. The molecule has 8 nitrogen and oxygen atoms in total. The van der Waals surface area contributed by atoms with Gasteiger partial charge in [0.1, 0.15) is 5.58 Å². The van der Waals surface area contributed by atoms with E-state index in [1.165, 1.54) is 16.0 Å². The fraction of sp³-hybridized carbons (Fsp3) is 0.0455. The molecule has 0 aliphatic rings. The fourth-order valence-electron chi connectivity index (χ4n) is 3.12. The minimum Gasteiger partial charge on any atom is -0.422 e. The average molecular weight is 429 g/mol. The van der Waals surface area contributed by atoms with E-state index in [-0.39, 0.29) is 11.2 Å². The molecule has 0 amide bonds. The Balaban J connectivity index is 1.52. The molecule has 0 radical (unpaired) electrons. The number of azo groups is 1. The predicted octanol–water partition coefficient (Wildman–Crippen LogP) is 5.12. The van der Waals surface area contributed by atoms with Crippen LogP contribution in [-0.4, -0.2) is 14.8 Å². The first kappa shape index (κ1) is 18.9. The van der Waals surface area contributed by atoms with Crippen LogP contribution >= 0.6 is 11.3 Å². The average Bonchev–Trinajstić information content (AvgIpc) is 3.37. The lowest BCUT2D eigenvalue weighted by Gasteiger charge is -1.99. The number of thiazole rings is 1. The van der Waals surface area contributed by atoms with Crippen LogP contribution in [0.1, 0.15) is 5.69 Å². The molecule has 152 valence electrons. The molecule has 0 spiro atoms. The zero-order chi connectivity index (χ0) is 21.4. The molecule has 0 aliphatic carbocycles. The van der Waals surface area contributed by atoms with Crippen molar-refractivity contribution in [1.29, 1.82) is 0 Å². The second-order valence-corrected chi connectivity index (χ2v) is 7.60. The van der Waals surface area contributed by atoms with E-state index >= 15 is 0 Å². The molecule has 0 atom stereocenters. The van der Waals surface area contributed by atoms with Gasteiger partial charge in [0.15, 0.2) is 5.69 Å². The SMILES string of the molecule is Cc1[nH]n(-c2nc(-c3cc4ccccc4oc3=O)cs2)c(=O)c1N=Nc1ccccc1. The number of nitrogens with one attached hydrogen (secondary N) is 1. The van der Waals surface area contributed by atoms with Gasteiger partial charge in [0.2, 0.25) is 5.13 Å². The first-order chi connectivity index (χ1) is 15.1. The van der Waals surface area contributed by atoms with Crippen molar-refractivity contribution in [1.82, 2.24) is 14.8 Å². The summed E-state index contributed by atoms with van der Waals surface area (Å²) < 4.78 is 6.69. The highest BCUT2D eigenvalue weighted by Crippen LogP contribution is 2.25. The van der Waals surface area contributed by atoms with Crippen LogP contribution in [0.3, 0.4) is 0 Å². The van der Waals surface area contributed by atoms with Crippen molar-refractivity contribution in [3.8, 4) is 16.4 Å². The summed E-state index contributed by atoms with van der Waals surface area (Å²) in [4.78, 5) is 29.8. The monoisotopic (exact) mass is 429 g/mol. The maximum Gasteiger partial charge on any atom is 0.345 e. The number of H-pyrrole nitrogens is 1. The Kier molecular flexibility index (Phi) is 4.64. The van der Waals surface area contributed by atoms with Crippen molar-refractivity contribution in [2.24, 2.45) is 10.2 Å². The van der Waals surface area contributed by atoms with Gasteiger partial charge in [-0.1, -0.05) is 36.4 Å². The summed E-state index contributed by atoms with van der Waals surface area (Å²) in [5.41, 5.74) is 1.83. The van der Waals surface area contributed by atoms with Crippen molar-refractivity contribution in [3.63, 3.8) is 0 Å². The summed E-state index contributed by atoms with van der Waals surface area (Å²) in [6, 6.07) is 18.2. The zero-order valence-electron chi connectivity index (χ0n) is 16.3. The van der Waals surface area contributed by atoms with Crippen molar-refractivity contribution in [2.75, 3.05) is 0 Å². The van der Waals surface area contributed by atoms with Crippen LogP contribution in [0.25, 0.3) is 27.4 Å². The molecule has 0 bridgehead atoms. The number of aromatic nitrogens is 3. The first-order valence-electron chi connectivity index (χ1n) is 9.38. The number of hydrogen-bond acceptors (Lipinski definition) is 7. The number of aromatic amines is 1. The van der Waals surface area contributed by atoms with Crippen molar-refractivity contribution < 1.29 is 4.42 Å². The Bertz CT molecular complexity index is 1540. The largest absolute Gasteiger partial charge is 0.422 e. The second kappa shape index (κ2) is 7.62. The molecular formula is C22H15N5O3S. The third-order valence-electron chi connectivity index (χ3n) is 4.66. The van der Waals surface area contributed by atoms with E-state index in [2.05, 4.69) is 20.3 Å². The topological polar surface area (TPSA) is 106 Å². The molecule has 5 rings (SSSR count). The van der Waals surface area contributed by atoms with Gasteiger partial charge < -0.3 is 4.42 Å². The van der Waals surface area contributed by atoms with Gasteiger partial charge in [-0.3, -0.25) is 9.89 Å². The van der Waals surface area contributed by atoms with Crippen LogP contribution in [0.4, 0.5) is 11.4 Å². The smallest absolute Gasteiger partial charge is 0.345 e. The van der Waals surface area contributed by atoms with E-state index in [0.717, 1.165) is 5.39 Å². The van der Waals surface area contributed by atoms with Crippen molar-refractivity contribution in [3.05, 3.63) is 92.5 Å². The maximum absolute atomic E-state index is 12.9. The van der Waals surface area contributed by atoms with Gasteiger partial charge in [-0.25, -0.2) is 9.78 Å². The van der Waals surface area contributed by atoms with Gasteiger partial charge in [0.05, 0.1) is 22.6 Å². The molecule has 1 N–H and O–H groups in total. The van der Waals surface area contributed by atoms with E-state index in [9.17, 15) is 9.59 Å². The number of rotatable bonds is 4. The summed E-state index contributed by atoms with van der Waals surface area (Å²) in [6.45, 7) is 1.74. The van der Waals surface area contributed by atoms with E-state index in [1.807, 2.05) is 30.3 Å². The third-order valence-corrected chi connectivity index (χ3v) is 5.49. The van der Waals surface area contributed by atoms with Crippen LogP contribution in [0.15, 0.2) is 90.3 Å². The van der Waals surface area contributed by atoms with Crippen LogP contribution in [0.2, 0.25) is 0 Å². The standard InChI is InChI=1S/C22H15N5O3S/c1-13-19(25-24-15-8-3-2-4-9-15)20(28)27(26-13)22-23-17(12-31-22)16-11-14-7-5-6-10-18(14)30-21(16)29/h2-12,26H,1H3. The van der Waals surface area contributed by atoms with Gasteiger partial charge in [-0.05, 0) is 31.2 Å². The summed E-state index contributed by atoms with van der Waals surface area (Å²) in [7, 11) is 0. The predicted molar refractivity (Wildman–Crippen MR) is 119 cm³/mol. The fourth-order valence-corrected chi connectivity index (χ4v) is 3.91. The Hall–Kier alpha value is -4.11. The number of hydrogen-bond donors (Lipinski definition) is 1. The van der Waals surface area contributed by atoms with Crippen molar-refractivity contribution >= 4 is 33.7 Å². The molecule has 0 saturated heterocycles. The van der Waals surface area contributed by atoms with E-state index in [4.69, 9.17) is 4.42 Å².